The van der Waals surface area contributed by atoms with Gasteiger partial charge in [-0.2, -0.15) is 0 Å². The third-order valence-corrected chi connectivity index (χ3v) is 5.98. The molecular formula is C16H5Cl6NO2S. The van der Waals surface area contributed by atoms with Gasteiger partial charge in [-0.3, -0.25) is 0 Å². The fourth-order valence-electron chi connectivity index (χ4n) is 2.26. The number of hydrogen-bond acceptors (Lipinski definition) is 3. The summed E-state index contributed by atoms with van der Waals surface area (Å²) < 4.78 is 0. The van der Waals surface area contributed by atoms with Crippen LogP contribution in [-0.2, 0) is 0 Å². The molecule has 1 aromatic heterocycles. The van der Waals surface area contributed by atoms with Crippen molar-refractivity contribution in [1.29, 1.82) is 0 Å². The van der Waals surface area contributed by atoms with Crippen LogP contribution in [0.5, 0.6) is 0 Å². The molecule has 0 fully saturated rings. The average Bonchev–Trinajstić information content (AvgIpc) is 2.89. The lowest BCUT2D eigenvalue weighted by Gasteiger charge is -2.06. The minimum Gasteiger partial charge on any atom is -0.477 e. The van der Waals surface area contributed by atoms with E-state index < -0.39 is 5.97 Å². The highest BCUT2D eigenvalue weighted by molar-refractivity contribution is 7.17. The highest BCUT2D eigenvalue weighted by Gasteiger charge is 2.25. The molecule has 26 heavy (non-hydrogen) atoms. The van der Waals surface area contributed by atoms with Gasteiger partial charge in [-0.05, 0) is 24.3 Å². The number of hydrogen-bond donors (Lipinski definition) is 1. The summed E-state index contributed by atoms with van der Waals surface area (Å²) in [5.41, 5.74) is 0.739. The van der Waals surface area contributed by atoms with Crippen LogP contribution in [0.2, 0.25) is 30.1 Å². The number of carboxylic acids is 1. The SMILES string of the molecule is O=C(O)c1sc(-c2c(Cl)cc(Cl)cc2Cl)nc1-c1c(Cl)cc(Cl)cc1Cl. The first kappa shape index (κ1) is 20.0. The van der Waals surface area contributed by atoms with Gasteiger partial charge in [0.2, 0.25) is 0 Å². The largest absolute Gasteiger partial charge is 0.477 e. The molecule has 0 amide bonds. The smallest absolute Gasteiger partial charge is 0.348 e. The van der Waals surface area contributed by atoms with Crippen LogP contribution < -0.4 is 0 Å². The molecule has 3 aromatic rings. The zero-order valence-electron chi connectivity index (χ0n) is 12.3. The molecule has 2 aromatic carbocycles. The van der Waals surface area contributed by atoms with Crippen molar-refractivity contribution in [3.63, 3.8) is 0 Å². The molecule has 0 aliphatic heterocycles. The Morgan fingerprint density at radius 3 is 1.65 bits per heavy atom. The lowest BCUT2D eigenvalue weighted by Crippen LogP contribution is -1.96. The third-order valence-electron chi connectivity index (χ3n) is 3.29. The molecular weight excluding hydrogens is 483 g/mol. The quantitative estimate of drug-likeness (QED) is 0.406. The molecule has 0 saturated carbocycles. The maximum Gasteiger partial charge on any atom is 0.348 e. The van der Waals surface area contributed by atoms with E-state index in [9.17, 15) is 9.90 Å². The lowest BCUT2D eigenvalue weighted by molar-refractivity contribution is 0.0702. The van der Waals surface area contributed by atoms with E-state index in [2.05, 4.69) is 4.98 Å². The van der Waals surface area contributed by atoms with E-state index in [4.69, 9.17) is 69.6 Å². The van der Waals surface area contributed by atoms with Gasteiger partial charge in [0.15, 0.2) is 0 Å². The molecule has 0 saturated heterocycles. The monoisotopic (exact) mass is 485 g/mol. The second-order valence-corrected chi connectivity index (χ2v) is 8.49. The number of carboxylic acid groups (broad SMARTS) is 1. The number of benzene rings is 2. The highest BCUT2D eigenvalue weighted by atomic mass is 35.5. The van der Waals surface area contributed by atoms with Gasteiger partial charge >= 0.3 is 5.97 Å². The van der Waals surface area contributed by atoms with Gasteiger partial charge in [0.05, 0.1) is 25.8 Å². The van der Waals surface area contributed by atoms with Crippen molar-refractivity contribution in [2.24, 2.45) is 0 Å². The van der Waals surface area contributed by atoms with Gasteiger partial charge < -0.3 is 5.11 Å². The minimum atomic E-state index is -1.19. The summed E-state index contributed by atoms with van der Waals surface area (Å²) >= 11 is 37.6. The minimum absolute atomic E-state index is 0.0618. The maximum atomic E-state index is 11.7. The van der Waals surface area contributed by atoms with Gasteiger partial charge in [0.25, 0.3) is 0 Å². The summed E-state index contributed by atoms with van der Waals surface area (Å²) in [5, 5.41) is 11.4. The molecule has 0 spiro atoms. The average molecular weight is 488 g/mol. The van der Waals surface area contributed by atoms with Crippen LogP contribution in [0.25, 0.3) is 21.8 Å². The summed E-state index contributed by atoms with van der Waals surface area (Å²) in [5.74, 6) is -1.19. The van der Waals surface area contributed by atoms with E-state index in [0.29, 0.717) is 20.6 Å². The molecule has 0 bridgehead atoms. The van der Waals surface area contributed by atoms with Crippen molar-refractivity contribution in [1.82, 2.24) is 4.98 Å². The Balaban J connectivity index is 2.29. The van der Waals surface area contributed by atoms with Crippen LogP contribution in [0.15, 0.2) is 24.3 Å². The number of thiazole rings is 1. The molecule has 0 atom stereocenters. The molecule has 10 heteroatoms. The summed E-state index contributed by atoms with van der Waals surface area (Å²) in [7, 11) is 0. The first-order valence-corrected chi connectivity index (χ1v) is 9.81. The molecule has 0 aliphatic carbocycles. The fraction of sp³-hybridized carbons (Fsp3) is 0. The van der Waals surface area contributed by atoms with Crippen LogP contribution in [0.1, 0.15) is 9.67 Å². The summed E-state index contributed by atoms with van der Waals surface area (Å²) in [6, 6.07) is 5.90. The standard InChI is InChI=1S/C16H5Cl6NO2S/c17-5-1-7(19)11(8(20)2-5)13-14(16(24)25)26-15(23-13)12-9(21)3-6(18)4-10(12)22/h1-4H,(H,24,25). The van der Waals surface area contributed by atoms with Crippen molar-refractivity contribution in [3.8, 4) is 21.8 Å². The van der Waals surface area contributed by atoms with Crippen LogP contribution in [0.4, 0.5) is 0 Å². The number of nitrogens with zero attached hydrogens (tertiary/aromatic N) is 1. The van der Waals surface area contributed by atoms with Crippen LogP contribution in [0.3, 0.4) is 0 Å². The summed E-state index contributed by atoms with van der Waals surface area (Å²) in [6.45, 7) is 0. The van der Waals surface area contributed by atoms with E-state index >= 15 is 0 Å². The van der Waals surface area contributed by atoms with Crippen molar-refractivity contribution in [3.05, 3.63) is 59.3 Å². The van der Waals surface area contributed by atoms with Crippen LogP contribution in [0, 0.1) is 0 Å². The highest BCUT2D eigenvalue weighted by Crippen LogP contribution is 2.45. The Labute approximate surface area is 182 Å². The number of carbonyl (C=O) groups is 1. The normalized spacial score (nSPS) is 11.0. The van der Waals surface area contributed by atoms with E-state index in [1.807, 2.05) is 0 Å². The number of halogens is 6. The first-order valence-electron chi connectivity index (χ1n) is 6.73. The second kappa shape index (κ2) is 7.72. The van der Waals surface area contributed by atoms with E-state index in [1.165, 1.54) is 24.3 Å². The van der Waals surface area contributed by atoms with E-state index in [-0.39, 0.29) is 36.2 Å². The number of rotatable bonds is 3. The molecule has 1 N–H and O–H groups in total. The Hall–Kier alpha value is -0.720. The van der Waals surface area contributed by atoms with Gasteiger partial charge in [0.1, 0.15) is 9.88 Å². The van der Waals surface area contributed by atoms with Crippen LogP contribution >= 0.6 is 80.9 Å². The van der Waals surface area contributed by atoms with Gasteiger partial charge in [-0.15, -0.1) is 11.3 Å². The topological polar surface area (TPSA) is 50.2 Å². The Kier molecular flexibility index (Phi) is 5.95. The molecule has 1 heterocycles. The second-order valence-electron chi connectivity index (χ2n) is 4.99. The zero-order valence-corrected chi connectivity index (χ0v) is 17.6. The van der Waals surface area contributed by atoms with Crippen molar-refractivity contribution in [2.45, 2.75) is 0 Å². The summed E-state index contributed by atoms with van der Waals surface area (Å²) in [6.07, 6.45) is 0. The molecule has 0 radical (unpaired) electrons. The number of aromatic nitrogens is 1. The molecule has 0 aliphatic rings. The van der Waals surface area contributed by atoms with Crippen molar-refractivity contribution < 1.29 is 9.90 Å². The predicted octanol–water partition coefficient (Wildman–Crippen LogP) is 8.10. The molecule has 0 unspecified atom stereocenters. The zero-order chi connectivity index (χ0) is 19.2. The first-order chi connectivity index (χ1) is 12.2. The summed E-state index contributed by atoms with van der Waals surface area (Å²) in [4.78, 5) is 16.1. The van der Waals surface area contributed by atoms with E-state index in [1.54, 1.807) is 0 Å². The molecule has 3 nitrogen and oxygen atoms in total. The van der Waals surface area contributed by atoms with Crippen molar-refractivity contribution in [2.75, 3.05) is 0 Å². The lowest BCUT2D eigenvalue weighted by atomic mass is 10.1. The van der Waals surface area contributed by atoms with Gasteiger partial charge in [-0.1, -0.05) is 69.6 Å². The Morgan fingerprint density at radius 1 is 0.808 bits per heavy atom. The Morgan fingerprint density at radius 2 is 1.23 bits per heavy atom. The number of aromatic carboxylic acids is 1. The van der Waals surface area contributed by atoms with Gasteiger partial charge in [-0.25, -0.2) is 9.78 Å². The molecule has 134 valence electrons. The third kappa shape index (κ3) is 3.78. The van der Waals surface area contributed by atoms with Gasteiger partial charge in [0, 0.05) is 21.2 Å². The predicted molar refractivity (Wildman–Crippen MR) is 110 cm³/mol. The maximum absolute atomic E-state index is 11.7. The van der Waals surface area contributed by atoms with E-state index in [0.717, 1.165) is 11.3 Å². The Bertz CT molecular complexity index is 1000. The van der Waals surface area contributed by atoms with Crippen molar-refractivity contribution >= 4 is 86.9 Å². The van der Waals surface area contributed by atoms with Crippen LogP contribution in [-0.4, -0.2) is 16.1 Å². The molecule has 3 rings (SSSR count). The fourth-order valence-corrected chi connectivity index (χ4v) is 5.34.